The van der Waals surface area contributed by atoms with Crippen LogP contribution in [0.3, 0.4) is 0 Å². The first kappa shape index (κ1) is 15.8. The van der Waals surface area contributed by atoms with Crippen LogP contribution in [0.15, 0.2) is 18.2 Å². The molecule has 1 aromatic carbocycles. The minimum Gasteiger partial charge on any atom is -0.495 e. The Morgan fingerprint density at radius 1 is 1.07 bits per heavy atom. The topological polar surface area (TPSA) is 9.23 Å². The maximum Gasteiger partial charge on any atom is 0.137 e. The molecule has 0 fully saturated rings. The Kier molecular flexibility index (Phi) is 11.7. The summed E-state index contributed by atoms with van der Waals surface area (Å²) < 4.78 is 4.99. The van der Waals surface area contributed by atoms with Gasteiger partial charge in [-0.05, 0) is 18.6 Å². The molecule has 0 saturated carbocycles. The summed E-state index contributed by atoms with van der Waals surface area (Å²) in [6, 6.07) is 5.71. The van der Waals surface area contributed by atoms with Crippen LogP contribution in [0.25, 0.3) is 0 Å². The van der Waals surface area contributed by atoms with E-state index in [-0.39, 0.29) is 0 Å². The minimum atomic E-state index is 0.699. The Labute approximate surface area is 93.0 Å². The molecule has 0 N–H and O–H groups in total. The molecule has 0 aromatic heterocycles. The number of aryl methyl sites for hydroxylation is 1. The zero-order valence-electron chi connectivity index (χ0n) is 10.0. The molecule has 0 heterocycles. The first-order valence-electron chi connectivity index (χ1n) is 5.05. The maximum absolute atomic E-state index is 5.87. The standard InChI is InChI=1S/C8H9ClO.2C2H6/c1-6-4-3-5-7(10-2)8(6)9;2*1-2/h3-5H,1-2H3;2*1-2H3. The van der Waals surface area contributed by atoms with Gasteiger partial charge < -0.3 is 4.74 Å². The molecule has 0 spiro atoms. The highest BCUT2D eigenvalue weighted by atomic mass is 35.5. The predicted molar refractivity (Wildman–Crippen MR) is 65.4 cm³/mol. The van der Waals surface area contributed by atoms with Crippen LogP contribution in [0.4, 0.5) is 0 Å². The molecule has 0 bridgehead atoms. The van der Waals surface area contributed by atoms with Crippen molar-refractivity contribution in [3.8, 4) is 5.75 Å². The van der Waals surface area contributed by atoms with Crippen molar-refractivity contribution < 1.29 is 4.74 Å². The van der Waals surface area contributed by atoms with Gasteiger partial charge in [0.25, 0.3) is 0 Å². The molecule has 0 amide bonds. The van der Waals surface area contributed by atoms with E-state index in [0.717, 1.165) is 11.3 Å². The second-order valence-corrected chi connectivity index (χ2v) is 2.47. The van der Waals surface area contributed by atoms with Crippen molar-refractivity contribution in [2.75, 3.05) is 7.11 Å². The maximum atomic E-state index is 5.87. The SMILES string of the molecule is CC.CC.COc1cccc(C)c1Cl. The summed E-state index contributed by atoms with van der Waals surface area (Å²) in [5, 5.41) is 0.699. The highest BCUT2D eigenvalue weighted by Gasteiger charge is 1.99. The molecule has 1 aromatic rings. The van der Waals surface area contributed by atoms with Crippen LogP contribution in [0, 0.1) is 6.92 Å². The van der Waals surface area contributed by atoms with Gasteiger partial charge in [-0.1, -0.05) is 51.4 Å². The molecule has 0 aliphatic heterocycles. The molecule has 0 atom stereocenters. The van der Waals surface area contributed by atoms with Crippen LogP contribution in [0.2, 0.25) is 5.02 Å². The normalized spacial score (nSPS) is 7.64. The third-order valence-electron chi connectivity index (χ3n) is 1.38. The minimum absolute atomic E-state index is 0.699. The van der Waals surface area contributed by atoms with Crippen molar-refractivity contribution in [1.82, 2.24) is 0 Å². The van der Waals surface area contributed by atoms with Crippen molar-refractivity contribution in [3.05, 3.63) is 28.8 Å². The molecule has 1 rings (SSSR count). The molecule has 1 nitrogen and oxygen atoms in total. The number of hydrogen-bond donors (Lipinski definition) is 0. The fourth-order valence-electron chi connectivity index (χ4n) is 0.778. The predicted octanol–water partition coefficient (Wildman–Crippen LogP) is 4.71. The van der Waals surface area contributed by atoms with E-state index in [1.165, 1.54) is 0 Å². The zero-order chi connectivity index (χ0) is 11.6. The number of hydrogen-bond acceptors (Lipinski definition) is 1. The fourth-order valence-corrected chi connectivity index (χ4v) is 0.981. The fraction of sp³-hybridized carbons (Fsp3) is 0.500. The molecule has 14 heavy (non-hydrogen) atoms. The lowest BCUT2D eigenvalue weighted by Crippen LogP contribution is -1.84. The second-order valence-electron chi connectivity index (χ2n) is 2.09. The first-order chi connectivity index (χ1) is 6.75. The summed E-state index contributed by atoms with van der Waals surface area (Å²) in [4.78, 5) is 0. The van der Waals surface area contributed by atoms with E-state index in [0.29, 0.717) is 5.02 Å². The summed E-state index contributed by atoms with van der Waals surface area (Å²) in [6.45, 7) is 9.95. The lowest BCUT2D eigenvalue weighted by Gasteiger charge is -2.03. The van der Waals surface area contributed by atoms with Gasteiger partial charge in [-0.15, -0.1) is 0 Å². The van der Waals surface area contributed by atoms with Gasteiger partial charge in [-0.3, -0.25) is 0 Å². The monoisotopic (exact) mass is 216 g/mol. The molecule has 2 heteroatoms. The summed E-state index contributed by atoms with van der Waals surface area (Å²) in [5.74, 6) is 0.738. The van der Waals surface area contributed by atoms with E-state index in [1.54, 1.807) is 7.11 Å². The lowest BCUT2D eigenvalue weighted by atomic mass is 10.2. The number of benzene rings is 1. The van der Waals surface area contributed by atoms with Gasteiger partial charge in [-0.2, -0.15) is 0 Å². The van der Waals surface area contributed by atoms with E-state index in [9.17, 15) is 0 Å². The van der Waals surface area contributed by atoms with Crippen LogP contribution in [-0.2, 0) is 0 Å². The van der Waals surface area contributed by atoms with Crippen LogP contribution >= 0.6 is 11.6 Å². The van der Waals surface area contributed by atoms with Gasteiger partial charge >= 0.3 is 0 Å². The molecule has 0 aliphatic rings. The van der Waals surface area contributed by atoms with E-state index < -0.39 is 0 Å². The molecular formula is C12H21ClO. The van der Waals surface area contributed by atoms with Gasteiger partial charge in [-0.25, -0.2) is 0 Å². The smallest absolute Gasteiger partial charge is 0.137 e. The Morgan fingerprint density at radius 2 is 1.57 bits per heavy atom. The zero-order valence-corrected chi connectivity index (χ0v) is 10.8. The van der Waals surface area contributed by atoms with Gasteiger partial charge in [0.1, 0.15) is 5.75 Å². The van der Waals surface area contributed by atoms with Gasteiger partial charge in [0.2, 0.25) is 0 Å². The van der Waals surface area contributed by atoms with Crippen molar-refractivity contribution in [2.45, 2.75) is 34.6 Å². The highest BCUT2D eigenvalue weighted by molar-refractivity contribution is 6.32. The third kappa shape index (κ3) is 5.13. The van der Waals surface area contributed by atoms with Gasteiger partial charge in [0, 0.05) is 0 Å². The van der Waals surface area contributed by atoms with Gasteiger partial charge in [0.05, 0.1) is 12.1 Å². The van der Waals surface area contributed by atoms with E-state index in [2.05, 4.69) is 0 Å². The molecular weight excluding hydrogens is 196 g/mol. The van der Waals surface area contributed by atoms with Crippen LogP contribution in [-0.4, -0.2) is 7.11 Å². The number of ether oxygens (including phenoxy) is 1. The van der Waals surface area contributed by atoms with Gasteiger partial charge in [0.15, 0.2) is 0 Å². The van der Waals surface area contributed by atoms with E-state index >= 15 is 0 Å². The lowest BCUT2D eigenvalue weighted by molar-refractivity contribution is 0.414. The quantitative estimate of drug-likeness (QED) is 0.661. The number of methoxy groups -OCH3 is 1. The first-order valence-corrected chi connectivity index (χ1v) is 5.42. The van der Waals surface area contributed by atoms with E-state index in [1.807, 2.05) is 52.8 Å². The average Bonchev–Trinajstić information content (AvgIpc) is 2.28. The summed E-state index contributed by atoms with van der Waals surface area (Å²) in [7, 11) is 1.61. The number of halogens is 1. The summed E-state index contributed by atoms with van der Waals surface area (Å²) >= 11 is 5.87. The van der Waals surface area contributed by atoms with Crippen LogP contribution in [0.1, 0.15) is 33.3 Å². The number of rotatable bonds is 1. The van der Waals surface area contributed by atoms with Crippen LogP contribution in [0.5, 0.6) is 5.75 Å². The molecule has 82 valence electrons. The van der Waals surface area contributed by atoms with Crippen LogP contribution < -0.4 is 4.74 Å². The van der Waals surface area contributed by atoms with Crippen molar-refractivity contribution in [3.63, 3.8) is 0 Å². The van der Waals surface area contributed by atoms with Crippen molar-refractivity contribution in [1.29, 1.82) is 0 Å². The molecule has 0 aliphatic carbocycles. The second kappa shape index (κ2) is 10.4. The van der Waals surface area contributed by atoms with Crippen molar-refractivity contribution >= 4 is 11.6 Å². The Balaban J connectivity index is 0. The van der Waals surface area contributed by atoms with Crippen molar-refractivity contribution in [2.24, 2.45) is 0 Å². The summed E-state index contributed by atoms with van der Waals surface area (Å²) in [6.07, 6.45) is 0. The molecule has 0 radical (unpaired) electrons. The average molecular weight is 217 g/mol. The summed E-state index contributed by atoms with van der Waals surface area (Å²) in [5.41, 5.74) is 1.04. The molecule has 0 saturated heterocycles. The molecule has 0 unspecified atom stereocenters. The third-order valence-corrected chi connectivity index (χ3v) is 1.86. The Hall–Kier alpha value is -0.690. The Bertz CT molecular complexity index is 234. The highest BCUT2D eigenvalue weighted by Crippen LogP contribution is 2.26. The Morgan fingerprint density at radius 3 is 1.93 bits per heavy atom. The van der Waals surface area contributed by atoms with E-state index in [4.69, 9.17) is 16.3 Å². The largest absolute Gasteiger partial charge is 0.495 e.